The van der Waals surface area contributed by atoms with Crippen molar-refractivity contribution in [1.82, 2.24) is 5.32 Å². The second kappa shape index (κ2) is 8.90. The number of halogens is 3. The van der Waals surface area contributed by atoms with E-state index in [1.807, 2.05) is 20.8 Å². The number of benzene rings is 1. The molecule has 4 nitrogen and oxygen atoms in total. The maximum atomic E-state index is 13.4. The van der Waals surface area contributed by atoms with E-state index in [-0.39, 0.29) is 24.8 Å². The molecule has 3 N–H and O–H groups in total. The van der Waals surface area contributed by atoms with Crippen LogP contribution in [0, 0.1) is 17.6 Å². The van der Waals surface area contributed by atoms with E-state index in [9.17, 15) is 13.6 Å². The van der Waals surface area contributed by atoms with Crippen LogP contribution in [-0.2, 0) is 4.79 Å². The van der Waals surface area contributed by atoms with Gasteiger partial charge in [0.25, 0.3) is 5.91 Å². The van der Waals surface area contributed by atoms with Gasteiger partial charge in [-0.25, -0.2) is 8.78 Å². The third kappa shape index (κ3) is 6.58. The van der Waals surface area contributed by atoms with Crippen molar-refractivity contribution >= 4 is 18.3 Å². The summed E-state index contributed by atoms with van der Waals surface area (Å²) in [5.41, 5.74) is 5.16. The lowest BCUT2D eigenvalue weighted by molar-refractivity contribution is -0.125. The van der Waals surface area contributed by atoms with Crippen LogP contribution in [0.3, 0.4) is 0 Å². The zero-order valence-electron chi connectivity index (χ0n) is 13.0. The van der Waals surface area contributed by atoms with Crippen molar-refractivity contribution in [3.63, 3.8) is 0 Å². The first-order valence-electron chi connectivity index (χ1n) is 6.84. The van der Waals surface area contributed by atoms with Crippen LogP contribution in [0.1, 0.15) is 27.2 Å². The zero-order chi connectivity index (χ0) is 16.0. The maximum Gasteiger partial charge on any atom is 0.258 e. The summed E-state index contributed by atoms with van der Waals surface area (Å²) in [6, 6.07) is 2.92. The summed E-state index contributed by atoms with van der Waals surface area (Å²) in [5.74, 6) is -1.73. The van der Waals surface area contributed by atoms with Gasteiger partial charge in [0.15, 0.2) is 18.2 Å². The van der Waals surface area contributed by atoms with Crippen molar-refractivity contribution in [2.45, 2.75) is 32.7 Å². The second-order valence-electron chi connectivity index (χ2n) is 5.77. The van der Waals surface area contributed by atoms with Crippen LogP contribution in [0.5, 0.6) is 5.75 Å². The van der Waals surface area contributed by atoms with Crippen molar-refractivity contribution < 1.29 is 18.3 Å². The van der Waals surface area contributed by atoms with Crippen molar-refractivity contribution in [2.75, 3.05) is 13.2 Å². The topological polar surface area (TPSA) is 64.3 Å². The summed E-state index contributed by atoms with van der Waals surface area (Å²) >= 11 is 0. The highest BCUT2D eigenvalue weighted by molar-refractivity contribution is 5.85. The molecule has 1 atom stereocenters. The predicted octanol–water partition coefficient (Wildman–Crippen LogP) is 2.65. The summed E-state index contributed by atoms with van der Waals surface area (Å²) in [6.45, 7) is 5.86. The number of rotatable bonds is 7. The average Bonchev–Trinajstić information content (AvgIpc) is 2.36. The zero-order valence-corrected chi connectivity index (χ0v) is 13.8. The van der Waals surface area contributed by atoms with Crippen molar-refractivity contribution in [2.24, 2.45) is 11.7 Å². The Morgan fingerprint density at radius 3 is 2.55 bits per heavy atom. The van der Waals surface area contributed by atoms with Crippen LogP contribution in [-0.4, -0.2) is 24.6 Å². The number of ether oxygens (including phenoxy) is 1. The molecule has 0 saturated carbocycles. The van der Waals surface area contributed by atoms with Crippen LogP contribution in [0.2, 0.25) is 0 Å². The van der Waals surface area contributed by atoms with E-state index >= 15 is 0 Å². The Labute approximate surface area is 135 Å². The Hall–Kier alpha value is -1.40. The Morgan fingerprint density at radius 1 is 1.41 bits per heavy atom. The summed E-state index contributed by atoms with van der Waals surface area (Å²) in [6.07, 6.45) is 0.722. The second-order valence-corrected chi connectivity index (χ2v) is 5.77. The van der Waals surface area contributed by atoms with Crippen molar-refractivity contribution in [3.05, 3.63) is 29.8 Å². The molecule has 1 rings (SSSR count). The highest BCUT2D eigenvalue weighted by Gasteiger charge is 2.26. The van der Waals surface area contributed by atoms with E-state index in [4.69, 9.17) is 10.5 Å². The van der Waals surface area contributed by atoms with Gasteiger partial charge in [0.1, 0.15) is 5.82 Å². The Bertz CT molecular complexity index is 500. The Kier molecular flexibility index (Phi) is 8.34. The molecule has 126 valence electrons. The molecule has 0 bridgehead atoms. The van der Waals surface area contributed by atoms with E-state index in [1.54, 1.807) is 0 Å². The minimum absolute atomic E-state index is 0. The molecule has 0 aliphatic heterocycles. The first-order valence-corrected chi connectivity index (χ1v) is 6.84. The summed E-state index contributed by atoms with van der Waals surface area (Å²) < 4.78 is 31.2. The monoisotopic (exact) mass is 336 g/mol. The molecule has 0 aliphatic carbocycles. The number of hydrogen-bond donors (Lipinski definition) is 2. The van der Waals surface area contributed by atoms with Gasteiger partial charge >= 0.3 is 0 Å². The average molecular weight is 337 g/mol. The fourth-order valence-corrected chi connectivity index (χ4v) is 2.19. The molecule has 0 spiro atoms. The lowest BCUT2D eigenvalue weighted by Gasteiger charge is -2.31. The highest BCUT2D eigenvalue weighted by atomic mass is 35.5. The molecule has 22 heavy (non-hydrogen) atoms. The highest BCUT2D eigenvalue weighted by Crippen LogP contribution is 2.18. The Morgan fingerprint density at radius 2 is 2.05 bits per heavy atom. The molecule has 0 fully saturated rings. The fourth-order valence-electron chi connectivity index (χ4n) is 2.19. The van der Waals surface area contributed by atoms with Gasteiger partial charge in [0.2, 0.25) is 0 Å². The molecule has 0 radical (unpaired) electrons. The molecule has 1 aromatic carbocycles. The lowest BCUT2D eigenvalue weighted by Crippen LogP contribution is -2.53. The van der Waals surface area contributed by atoms with Crippen molar-refractivity contribution in [1.29, 1.82) is 0 Å². The molecule has 0 aliphatic rings. The lowest BCUT2D eigenvalue weighted by atomic mass is 9.91. The fraction of sp³-hybridized carbons (Fsp3) is 0.533. The number of nitrogens with two attached hydrogens (primary N) is 1. The molecule has 1 aromatic rings. The molecule has 7 heteroatoms. The molecule has 0 saturated heterocycles. The van der Waals surface area contributed by atoms with Gasteiger partial charge in [-0.05, 0) is 31.4 Å². The standard InChI is InChI=1S/C15H22F2N2O2.ClH/c1-10(2)7-15(3,9-18)19-14(20)8-21-13-5-4-11(16)6-12(13)17;/h4-6,10H,7-9,18H2,1-3H3,(H,19,20);1H. The molecule has 1 amide bonds. The number of nitrogens with one attached hydrogen (secondary N) is 1. The molecule has 1 unspecified atom stereocenters. The number of amides is 1. The maximum absolute atomic E-state index is 13.4. The van der Waals surface area contributed by atoms with Gasteiger partial charge in [0, 0.05) is 18.2 Å². The van der Waals surface area contributed by atoms with Crippen LogP contribution >= 0.6 is 12.4 Å². The summed E-state index contributed by atoms with van der Waals surface area (Å²) in [4.78, 5) is 11.9. The van der Waals surface area contributed by atoms with Gasteiger partial charge in [0.05, 0.1) is 0 Å². The van der Waals surface area contributed by atoms with Crippen LogP contribution in [0.15, 0.2) is 18.2 Å². The molecular formula is C15H23ClF2N2O2. The number of carbonyl (C=O) groups excluding carboxylic acids is 1. The minimum atomic E-state index is -0.841. The van der Waals surface area contributed by atoms with E-state index in [2.05, 4.69) is 5.32 Å². The largest absolute Gasteiger partial charge is 0.481 e. The van der Waals surface area contributed by atoms with Crippen LogP contribution < -0.4 is 15.8 Å². The first-order chi connectivity index (χ1) is 9.75. The normalized spacial score (nSPS) is 13.2. The van der Waals surface area contributed by atoms with Gasteiger partial charge < -0.3 is 15.8 Å². The smallest absolute Gasteiger partial charge is 0.258 e. The van der Waals surface area contributed by atoms with Gasteiger partial charge in [-0.3, -0.25) is 4.79 Å². The van der Waals surface area contributed by atoms with Gasteiger partial charge in [-0.15, -0.1) is 12.4 Å². The third-order valence-electron chi connectivity index (χ3n) is 3.00. The first kappa shape index (κ1) is 20.6. The number of carbonyl (C=O) groups is 1. The Balaban J connectivity index is 0.00000441. The van der Waals surface area contributed by atoms with Gasteiger partial charge in [-0.2, -0.15) is 0 Å². The van der Waals surface area contributed by atoms with Crippen LogP contribution in [0.25, 0.3) is 0 Å². The van der Waals surface area contributed by atoms with Gasteiger partial charge in [-0.1, -0.05) is 13.8 Å². The molecule has 0 heterocycles. The summed E-state index contributed by atoms with van der Waals surface area (Å²) in [7, 11) is 0. The predicted molar refractivity (Wildman–Crippen MR) is 84.2 cm³/mol. The van der Waals surface area contributed by atoms with Crippen molar-refractivity contribution in [3.8, 4) is 5.75 Å². The quantitative estimate of drug-likeness (QED) is 0.804. The van der Waals surface area contributed by atoms with E-state index in [0.717, 1.165) is 18.6 Å². The van der Waals surface area contributed by atoms with E-state index in [0.29, 0.717) is 18.5 Å². The molecular weight excluding hydrogens is 314 g/mol. The number of hydrogen-bond acceptors (Lipinski definition) is 3. The van der Waals surface area contributed by atoms with E-state index < -0.39 is 23.1 Å². The van der Waals surface area contributed by atoms with E-state index in [1.165, 1.54) is 0 Å². The van der Waals surface area contributed by atoms with Crippen LogP contribution in [0.4, 0.5) is 8.78 Å². The SMILES string of the molecule is CC(C)CC(C)(CN)NC(=O)COc1ccc(F)cc1F.Cl. The minimum Gasteiger partial charge on any atom is -0.481 e. The third-order valence-corrected chi connectivity index (χ3v) is 3.00. The summed E-state index contributed by atoms with van der Waals surface area (Å²) in [5, 5.41) is 2.79. The molecule has 0 aromatic heterocycles.